The van der Waals surface area contributed by atoms with Crippen LogP contribution in [-0.4, -0.2) is 26.5 Å². The van der Waals surface area contributed by atoms with Gasteiger partial charge in [-0.25, -0.2) is 15.2 Å². The molecule has 1 saturated heterocycles. The van der Waals surface area contributed by atoms with Crippen LogP contribution in [0.4, 0.5) is 0 Å². The van der Waals surface area contributed by atoms with Gasteiger partial charge >= 0.3 is 5.69 Å². The van der Waals surface area contributed by atoms with E-state index in [-0.39, 0.29) is 17.6 Å². The zero-order chi connectivity index (χ0) is 17.8. The molecule has 2 aromatic heterocycles. The van der Waals surface area contributed by atoms with E-state index in [2.05, 4.69) is 57.9 Å². The quantitative estimate of drug-likeness (QED) is 0.384. The van der Waals surface area contributed by atoms with E-state index in [1.54, 1.807) is 0 Å². The lowest BCUT2D eigenvalue weighted by Gasteiger charge is -2.18. The molecule has 1 fully saturated rings. The number of aryl methyl sites for hydroxylation is 2. The van der Waals surface area contributed by atoms with Crippen LogP contribution in [-0.2, 0) is 0 Å². The minimum Gasteiger partial charge on any atom is -0.342 e. The average Bonchev–Trinajstić information content (AvgIpc) is 3.30. The van der Waals surface area contributed by atoms with Gasteiger partial charge in [0.1, 0.15) is 5.82 Å². The number of hydrogen-bond acceptors (Lipinski definition) is 4. The smallest absolute Gasteiger partial charge is 0.323 e. The monoisotopic (exact) mass is 348 g/mol. The molecule has 1 aliphatic rings. The first kappa shape index (κ1) is 15.4. The maximum atomic E-state index is 11.5. The molecule has 0 bridgehead atoms. The number of rotatable bonds is 2. The van der Waals surface area contributed by atoms with E-state index in [1.165, 1.54) is 16.7 Å². The summed E-state index contributed by atoms with van der Waals surface area (Å²) in [6.45, 7) is 5.06. The van der Waals surface area contributed by atoms with Crippen molar-refractivity contribution in [1.29, 1.82) is 0 Å². The minimum absolute atomic E-state index is 0.152. The van der Waals surface area contributed by atoms with Crippen LogP contribution in [0, 0.1) is 13.8 Å². The summed E-state index contributed by atoms with van der Waals surface area (Å²) in [7, 11) is 0. The third kappa shape index (κ3) is 2.36. The van der Waals surface area contributed by atoms with E-state index >= 15 is 0 Å². The SMILES string of the molecule is Cc1ccc(C2NNCC2c2nc3cc4[nH]c(=O)[nH]c4cc3[nH]2)cc1C. The number of H-pyrrole nitrogens is 3. The highest BCUT2D eigenvalue weighted by atomic mass is 16.1. The molecule has 0 spiro atoms. The van der Waals surface area contributed by atoms with Gasteiger partial charge in [-0.1, -0.05) is 18.2 Å². The van der Waals surface area contributed by atoms with Crippen molar-refractivity contribution < 1.29 is 0 Å². The molecule has 2 unspecified atom stereocenters. The number of imidazole rings is 2. The Morgan fingerprint density at radius 2 is 1.77 bits per heavy atom. The molecular formula is C19H20N6O. The fourth-order valence-corrected chi connectivity index (χ4v) is 3.76. The number of hydrazine groups is 1. The van der Waals surface area contributed by atoms with E-state index in [9.17, 15) is 4.79 Å². The summed E-state index contributed by atoms with van der Waals surface area (Å²) in [4.78, 5) is 25.3. The third-order valence-electron chi connectivity index (χ3n) is 5.36. The van der Waals surface area contributed by atoms with Crippen molar-refractivity contribution in [1.82, 2.24) is 30.8 Å². The number of fused-ring (bicyclic) bond motifs is 2. The Kier molecular flexibility index (Phi) is 3.28. The predicted octanol–water partition coefficient (Wildman–Crippen LogP) is 2.28. The van der Waals surface area contributed by atoms with E-state index in [4.69, 9.17) is 4.98 Å². The van der Waals surface area contributed by atoms with E-state index < -0.39 is 0 Å². The Bertz CT molecular complexity index is 1130. The van der Waals surface area contributed by atoms with Crippen LogP contribution in [0.15, 0.2) is 35.1 Å². The number of nitrogens with one attached hydrogen (secondary N) is 5. The summed E-state index contributed by atoms with van der Waals surface area (Å²) >= 11 is 0. The molecule has 0 amide bonds. The van der Waals surface area contributed by atoms with Crippen molar-refractivity contribution in [3.63, 3.8) is 0 Å². The van der Waals surface area contributed by atoms with Gasteiger partial charge < -0.3 is 15.0 Å². The van der Waals surface area contributed by atoms with Crippen molar-refractivity contribution >= 4 is 22.1 Å². The largest absolute Gasteiger partial charge is 0.342 e. The Labute approximate surface area is 149 Å². The van der Waals surface area contributed by atoms with Gasteiger partial charge in [0, 0.05) is 6.54 Å². The molecule has 3 heterocycles. The van der Waals surface area contributed by atoms with E-state index in [0.717, 1.165) is 34.4 Å². The first-order valence-corrected chi connectivity index (χ1v) is 8.76. The highest BCUT2D eigenvalue weighted by molar-refractivity contribution is 5.91. The summed E-state index contributed by atoms with van der Waals surface area (Å²) in [6.07, 6.45) is 0. The minimum atomic E-state index is -0.202. The maximum Gasteiger partial charge on any atom is 0.323 e. The van der Waals surface area contributed by atoms with Gasteiger partial charge in [-0.15, -0.1) is 0 Å². The Morgan fingerprint density at radius 1 is 0.962 bits per heavy atom. The summed E-state index contributed by atoms with van der Waals surface area (Å²) < 4.78 is 0. The average molecular weight is 348 g/mol. The van der Waals surface area contributed by atoms with Crippen molar-refractivity contribution in [2.24, 2.45) is 0 Å². The summed E-state index contributed by atoms with van der Waals surface area (Å²) in [5, 5.41) is 0. The molecule has 2 aromatic carbocycles. The molecule has 0 saturated carbocycles. The van der Waals surface area contributed by atoms with Gasteiger partial charge in [0.2, 0.25) is 0 Å². The summed E-state index contributed by atoms with van der Waals surface area (Å²) in [5.41, 5.74) is 13.6. The molecule has 7 nitrogen and oxygen atoms in total. The number of aromatic nitrogens is 4. The van der Waals surface area contributed by atoms with Gasteiger partial charge in [0.15, 0.2) is 0 Å². The number of benzene rings is 2. The van der Waals surface area contributed by atoms with E-state index in [1.807, 2.05) is 12.1 Å². The molecule has 0 radical (unpaired) electrons. The van der Waals surface area contributed by atoms with Crippen LogP contribution in [0.2, 0.25) is 0 Å². The predicted molar refractivity (Wildman–Crippen MR) is 101 cm³/mol. The normalized spacial score (nSPS) is 20.4. The zero-order valence-electron chi connectivity index (χ0n) is 14.6. The van der Waals surface area contributed by atoms with Gasteiger partial charge in [0.25, 0.3) is 0 Å². The van der Waals surface area contributed by atoms with Crippen molar-refractivity contribution in [2.45, 2.75) is 25.8 Å². The van der Waals surface area contributed by atoms with Crippen LogP contribution < -0.4 is 16.5 Å². The second-order valence-corrected chi connectivity index (χ2v) is 7.07. The van der Waals surface area contributed by atoms with Crippen LogP contribution in [0.3, 0.4) is 0 Å². The topological polar surface area (TPSA) is 101 Å². The van der Waals surface area contributed by atoms with Crippen LogP contribution in [0.25, 0.3) is 22.1 Å². The Balaban J connectivity index is 1.56. The first-order valence-electron chi connectivity index (χ1n) is 8.76. The lowest BCUT2D eigenvalue weighted by Crippen LogP contribution is -2.25. The highest BCUT2D eigenvalue weighted by Gasteiger charge is 2.32. The summed E-state index contributed by atoms with van der Waals surface area (Å²) in [5.74, 6) is 1.14. The standard InChI is InChI=1S/C19H20N6O/c1-9-3-4-11(5-10(9)2)17-12(8-20-25-17)18-21-13-6-15-16(7-14(13)22-18)24-19(26)23-15/h3-7,12,17,20,25H,8H2,1-2H3,(H,21,22)(H2,23,24,26). The second-order valence-electron chi connectivity index (χ2n) is 7.07. The molecule has 4 aromatic rings. The molecule has 5 rings (SSSR count). The third-order valence-corrected chi connectivity index (χ3v) is 5.36. The maximum absolute atomic E-state index is 11.5. The fourth-order valence-electron chi connectivity index (χ4n) is 3.76. The molecular weight excluding hydrogens is 328 g/mol. The molecule has 2 atom stereocenters. The van der Waals surface area contributed by atoms with Gasteiger partial charge in [0.05, 0.1) is 34.0 Å². The van der Waals surface area contributed by atoms with Crippen molar-refractivity contribution in [2.75, 3.05) is 6.54 Å². The first-order chi connectivity index (χ1) is 12.6. The molecule has 5 N–H and O–H groups in total. The van der Waals surface area contributed by atoms with Crippen molar-refractivity contribution in [3.05, 3.63) is 63.3 Å². The lowest BCUT2D eigenvalue weighted by atomic mass is 9.92. The molecule has 26 heavy (non-hydrogen) atoms. The molecule has 0 aliphatic carbocycles. The molecule has 1 aliphatic heterocycles. The summed E-state index contributed by atoms with van der Waals surface area (Å²) in [6, 6.07) is 10.6. The molecule has 132 valence electrons. The zero-order valence-corrected chi connectivity index (χ0v) is 14.6. The number of aromatic amines is 3. The van der Waals surface area contributed by atoms with Gasteiger partial charge in [-0.3, -0.25) is 5.43 Å². The lowest BCUT2D eigenvalue weighted by molar-refractivity contribution is 0.544. The number of hydrogen-bond donors (Lipinski definition) is 5. The van der Waals surface area contributed by atoms with Crippen molar-refractivity contribution in [3.8, 4) is 0 Å². The number of nitrogens with zero attached hydrogens (tertiary/aromatic N) is 1. The van der Waals surface area contributed by atoms with E-state index in [0.29, 0.717) is 0 Å². The molecule has 7 heteroatoms. The Hall–Kier alpha value is -2.90. The van der Waals surface area contributed by atoms with Gasteiger partial charge in [-0.05, 0) is 42.7 Å². The van der Waals surface area contributed by atoms with Gasteiger partial charge in [-0.2, -0.15) is 0 Å². The van der Waals surface area contributed by atoms with Crippen LogP contribution in [0.5, 0.6) is 0 Å². The highest BCUT2D eigenvalue weighted by Crippen LogP contribution is 2.33. The van der Waals surface area contributed by atoms with Crippen LogP contribution >= 0.6 is 0 Å². The second kappa shape index (κ2) is 5.55. The Morgan fingerprint density at radius 3 is 2.58 bits per heavy atom. The van der Waals surface area contributed by atoms with Crippen LogP contribution in [0.1, 0.15) is 34.5 Å². The fraction of sp³-hybridized carbons (Fsp3) is 0.263.